The Kier molecular flexibility index (Phi) is 4.71. The summed E-state index contributed by atoms with van der Waals surface area (Å²) in [5, 5.41) is 12.6. The number of morpholine rings is 1. The molecular formula is C19H22N2O3. The average molecular weight is 326 g/mol. The number of nitrogens with one attached hydrogen (secondary N) is 1. The van der Waals surface area contributed by atoms with Crippen molar-refractivity contribution in [3.05, 3.63) is 59.2 Å². The Morgan fingerprint density at radius 2 is 2.08 bits per heavy atom. The largest absolute Gasteiger partial charge is 0.508 e. The number of nitrogens with zero attached hydrogens (tertiary/aromatic N) is 1. The Bertz CT molecular complexity index is 745. The van der Waals surface area contributed by atoms with Crippen molar-refractivity contribution in [3.63, 3.8) is 0 Å². The third-order valence-electron chi connectivity index (χ3n) is 4.22. The molecule has 1 atom stereocenters. The van der Waals surface area contributed by atoms with Crippen molar-refractivity contribution in [3.8, 4) is 5.75 Å². The van der Waals surface area contributed by atoms with E-state index in [4.69, 9.17) is 4.74 Å². The molecule has 1 heterocycles. The second-order valence-corrected chi connectivity index (χ2v) is 6.15. The van der Waals surface area contributed by atoms with Gasteiger partial charge in [0.05, 0.1) is 13.2 Å². The molecule has 1 saturated heterocycles. The van der Waals surface area contributed by atoms with Gasteiger partial charge in [-0.2, -0.15) is 0 Å². The van der Waals surface area contributed by atoms with Crippen LogP contribution >= 0.6 is 0 Å². The van der Waals surface area contributed by atoms with Gasteiger partial charge in [0, 0.05) is 12.2 Å². The van der Waals surface area contributed by atoms with Gasteiger partial charge in [-0.1, -0.05) is 29.8 Å². The zero-order valence-corrected chi connectivity index (χ0v) is 14.0. The number of amides is 2. The quantitative estimate of drug-likeness (QED) is 0.886. The first-order chi connectivity index (χ1) is 11.5. The molecule has 2 aromatic carbocycles. The minimum atomic E-state index is -0.226. The van der Waals surface area contributed by atoms with E-state index in [0.29, 0.717) is 19.7 Å². The highest BCUT2D eigenvalue weighted by Gasteiger charge is 2.25. The van der Waals surface area contributed by atoms with Crippen molar-refractivity contribution in [2.45, 2.75) is 20.0 Å². The van der Waals surface area contributed by atoms with Gasteiger partial charge >= 0.3 is 6.03 Å². The predicted molar refractivity (Wildman–Crippen MR) is 93.3 cm³/mol. The van der Waals surface area contributed by atoms with Gasteiger partial charge in [-0.3, -0.25) is 0 Å². The zero-order valence-electron chi connectivity index (χ0n) is 14.0. The molecule has 0 unspecified atom stereocenters. The van der Waals surface area contributed by atoms with Crippen molar-refractivity contribution in [2.75, 3.05) is 25.0 Å². The summed E-state index contributed by atoms with van der Waals surface area (Å²) in [6.45, 7) is 5.49. The molecule has 3 rings (SSSR count). The highest BCUT2D eigenvalue weighted by molar-refractivity contribution is 5.90. The molecule has 5 nitrogen and oxygen atoms in total. The van der Waals surface area contributed by atoms with Crippen LogP contribution in [0.4, 0.5) is 10.5 Å². The predicted octanol–water partition coefficient (Wildman–Crippen LogP) is 3.61. The highest BCUT2D eigenvalue weighted by atomic mass is 16.5. The Hall–Kier alpha value is -2.53. The van der Waals surface area contributed by atoms with E-state index in [1.165, 1.54) is 5.56 Å². The van der Waals surface area contributed by atoms with Crippen LogP contribution in [0.5, 0.6) is 5.75 Å². The molecule has 1 aliphatic heterocycles. The molecule has 5 heteroatoms. The number of aromatic hydroxyl groups is 1. The summed E-state index contributed by atoms with van der Waals surface area (Å²) < 4.78 is 5.76. The second kappa shape index (κ2) is 6.93. The number of hydrogen-bond donors (Lipinski definition) is 2. The molecule has 1 aliphatic rings. The Labute approximate surface area is 141 Å². The van der Waals surface area contributed by atoms with Crippen LogP contribution < -0.4 is 5.32 Å². The van der Waals surface area contributed by atoms with Crippen LogP contribution in [0, 0.1) is 13.8 Å². The number of carbonyl (C=O) groups excluding carboxylic acids is 1. The maximum Gasteiger partial charge on any atom is 0.322 e. The molecule has 0 bridgehead atoms. The van der Waals surface area contributed by atoms with E-state index in [2.05, 4.69) is 5.32 Å². The summed E-state index contributed by atoms with van der Waals surface area (Å²) in [4.78, 5) is 14.3. The first-order valence-corrected chi connectivity index (χ1v) is 8.06. The monoisotopic (exact) mass is 326 g/mol. The molecular weight excluding hydrogens is 304 g/mol. The molecule has 126 valence electrons. The van der Waals surface area contributed by atoms with E-state index < -0.39 is 0 Å². The topological polar surface area (TPSA) is 61.8 Å². The number of phenolic OH excluding ortho intramolecular Hbond substituents is 1. The van der Waals surface area contributed by atoms with Crippen LogP contribution in [-0.2, 0) is 4.74 Å². The summed E-state index contributed by atoms with van der Waals surface area (Å²) in [5.41, 5.74) is 3.91. The third-order valence-corrected chi connectivity index (χ3v) is 4.22. The molecule has 2 aromatic rings. The second-order valence-electron chi connectivity index (χ2n) is 6.15. The zero-order chi connectivity index (χ0) is 17.1. The molecule has 0 radical (unpaired) electrons. The highest BCUT2D eigenvalue weighted by Crippen LogP contribution is 2.25. The molecule has 2 N–H and O–H groups in total. The first kappa shape index (κ1) is 16.3. The number of aryl methyl sites for hydroxylation is 2. The molecule has 0 aromatic heterocycles. The summed E-state index contributed by atoms with van der Waals surface area (Å²) >= 11 is 0. The lowest BCUT2D eigenvalue weighted by molar-refractivity contribution is -0.0135. The van der Waals surface area contributed by atoms with E-state index in [1.54, 1.807) is 23.1 Å². The van der Waals surface area contributed by atoms with Crippen LogP contribution in [0.2, 0.25) is 0 Å². The Morgan fingerprint density at radius 3 is 2.83 bits per heavy atom. The van der Waals surface area contributed by atoms with Crippen LogP contribution in [0.25, 0.3) is 0 Å². The Balaban J connectivity index is 1.69. The summed E-state index contributed by atoms with van der Waals surface area (Å²) in [5.74, 6) is 0.202. The molecule has 1 fully saturated rings. The van der Waals surface area contributed by atoms with E-state index in [-0.39, 0.29) is 17.9 Å². The van der Waals surface area contributed by atoms with Crippen LogP contribution in [0.15, 0.2) is 42.5 Å². The summed E-state index contributed by atoms with van der Waals surface area (Å²) in [6.07, 6.45) is -0.226. The van der Waals surface area contributed by atoms with Gasteiger partial charge in [0.2, 0.25) is 0 Å². The lowest BCUT2D eigenvalue weighted by Gasteiger charge is -2.33. The fourth-order valence-electron chi connectivity index (χ4n) is 2.91. The summed E-state index contributed by atoms with van der Waals surface area (Å²) in [6, 6.07) is 12.8. The van der Waals surface area contributed by atoms with E-state index in [9.17, 15) is 9.90 Å². The molecule has 0 aliphatic carbocycles. The van der Waals surface area contributed by atoms with Crippen molar-refractivity contribution >= 4 is 11.7 Å². The number of hydrogen-bond acceptors (Lipinski definition) is 3. The minimum Gasteiger partial charge on any atom is -0.508 e. The maximum atomic E-state index is 12.6. The lowest BCUT2D eigenvalue weighted by atomic mass is 10.1. The van der Waals surface area contributed by atoms with Gasteiger partial charge in [-0.25, -0.2) is 4.79 Å². The van der Waals surface area contributed by atoms with Gasteiger partial charge < -0.3 is 20.1 Å². The SMILES string of the molecule is Cc1ccc(NC(=O)N2CCO[C@@H](c3cccc(O)c3)C2)c(C)c1. The van der Waals surface area contributed by atoms with Gasteiger partial charge in [0.15, 0.2) is 0 Å². The van der Waals surface area contributed by atoms with Gasteiger partial charge in [0.1, 0.15) is 11.9 Å². The van der Waals surface area contributed by atoms with Gasteiger partial charge in [-0.15, -0.1) is 0 Å². The number of urea groups is 1. The van der Waals surface area contributed by atoms with Crippen LogP contribution in [0.1, 0.15) is 22.8 Å². The number of benzene rings is 2. The van der Waals surface area contributed by atoms with Gasteiger partial charge in [-0.05, 0) is 43.2 Å². The molecule has 24 heavy (non-hydrogen) atoms. The minimum absolute atomic E-state index is 0.129. The number of anilines is 1. The lowest BCUT2D eigenvalue weighted by Crippen LogP contribution is -2.44. The molecule has 2 amide bonds. The maximum absolute atomic E-state index is 12.6. The van der Waals surface area contributed by atoms with Crippen molar-refractivity contribution < 1.29 is 14.6 Å². The number of rotatable bonds is 2. The molecule has 0 spiro atoms. The van der Waals surface area contributed by atoms with Crippen molar-refractivity contribution in [1.29, 1.82) is 0 Å². The van der Waals surface area contributed by atoms with E-state index >= 15 is 0 Å². The smallest absolute Gasteiger partial charge is 0.322 e. The van der Waals surface area contributed by atoms with E-state index in [0.717, 1.165) is 16.8 Å². The van der Waals surface area contributed by atoms with Crippen molar-refractivity contribution in [2.24, 2.45) is 0 Å². The fourth-order valence-corrected chi connectivity index (χ4v) is 2.91. The fraction of sp³-hybridized carbons (Fsp3) is 0.316. The van der Waals surface area contributed by atoms with E-state index in [1.807, 2.05) is 38.1 Å². The number of ether oxygens (including phenoxy) is 1. The average Bonchev–Trinajstić information content (AvgIpc) is 2.57. The van der Waals surface area contributed by atoms with Crippen molar-refractivity contribution in [1.82, 2.24) is 4.90 Å². The summed E-state index contributed by atoms with van der Waals surface area (Å²) in [7, 11) is 0. The molecule has 0 saturated carbocycles. The van der Waals surface area contributed by atoms with Crippen LogP contribution in [-0.4, -0.2) is 35.7 Å². The standard InChI is InChI=1S/C19H22N2O3/c1-13-6-7-17(14(2)10-13)20-19(23)21-8-9-24-18(12-21)15-4-3-5-16(22)11-15/h3-7,10-11,18,22H,8-9,12H2,1-2H3,(H,20,23)/t18-/m1/s1. The van der Waals surface area contributed by atoms with Gasteiger partial charge in [0.25, 0.3) is 0 Å². The number of carbonyl (C=O) groups is 1. The van der Waals surface area contributed by atoms with Crippen LogP contribution in [0.3, 0.4) is 0 Å². The number of phenols is 1. The first-order valence-electron chi connectivity index (χ1n) is 8.06. The third kappa shape index (κ3) is 3.68. The normalized spacial score (nSPS) is 17.6. The Morgan fingerprint density at radius 1 is 1.25 bits per heavy atom.